The minimum Gasteiger partial charge on any atom is -0.486 e. The molecule has 0 radical (unpaired) electrons. The highest BCUT2D eigenvalue weighted by Crippen LogP contribution is 2.37. The lowest BCUT2D eigenvalue weighted by Gasteiger charge is -2.19. The number of benzene rings is 1. The molecule has 3 heterocycles. The lowest BCUT2D eigenvalue weighted by atomic mass is 10.0. The standard InChI is InChI=1S/C18H19N3O2/c1-12(11-19)18-17(20-16-4-2-3-7-21(16)18)13-5-6-14-15(10-13)23-9-8-22-14/h2-7,10,12H,8-9,11,19H2,1H3. The molecule has 1 unspecified atom stereocenters. The van der Waals surface area contributed by atoms with E-state index in [2.05, 4.69) is 11.3 Å². The fourth-order valence-electron chi connectivity index (χ4n) is 3.00. The van der Waals surface area contributed by atoms with Crippen LogP contribution in [0.15, 0.2) is 42.6 Å². The normalized spacial score (nSPS) is 14.9. The molecule has 0 aliphatic carbocycles. The van der Waals surface area contributed by atoms with Crippen LogP contribution in [0.1, 0.15) is 18.5 Å². The molecular weight excluding hydrogens is 290 g/mol. The highest BCUT2D eigenvalue weighted by molar-refractivity contribution is 5.70. The second-order valence-corrected chi connectivity index (χ2v) is 5.77. The summed E-state index contributed by atoms with van der Waals surface area (Å²) < 4.78 is 13.4. The van der Waals surface area contributed by atoms with E-state index >= 15 is 0 Å². The topological polar surface area (TPSA) is 61.8 Å². The van der Waals surface area contributed by atoms with Gasteiger partial charge in [0.2, 0.25) is 0 Å². The molecule has 0 saturated heterocycles. The molecule has 1 aromatic carbocycles. The van der Waals surface area contributed by atoms with Gasteiger partial charge in [-0.2, -0.15) is 0 Å². The Kier molecular flexibility index (Phi) is 3.42. The molecule has 0 spiro atoms. The molecule has 5 heteroatoms. The van der Waals surface area contributed by atoms with E-state index in [1.165, 1.54) is 0 Å². The van der Waals surface area contributed by atoms with Crippen molar-refractivity contribution in [1.82, 2.24) is 9.38 Å². The molecule has 0 saturated carbocycles. The number of aromatic nitrogens is 2. The quantitative estimate of drug-likeness (QED) is 0.808. The zero-order valence-corrected chi connectivity index (χ0v) is 13.0. The average Bonchev–Trinajstić information content (AvgIpc) is 3.00. The maximum Gasteiger partial charge on any atom is 0.162 e. The van der Waals surface area contributed by atoms with Crippen LogP contribution in [0.5, 0.6) is 11.5 Å². The van der Waals surface area contributed by atoms with Crippen molar-refractivity contribution in [2.24, 2.45) is 5.73 Å². The lowest BCUT2D eigenvalue weighted by molar-refractivity contribution is 0.171. The molecule has 118 valence electrons. The summed E-state index contributed by atoms with van der Waals surface area (Å²) in [6.07, 6.45) is 2.03. The molecule has 0 bridgehead atoms. The molecule has 5 nitrogen and oxygen atoms in total. The minimum atomic E-state index is 0.204. The Balaban J connectivity index is 1.91. The Hall–Kier alpha value is -2.53. The van der Waals surface area contributed by atoms with E-state index in [1.54, 1.807) is 0 Å². The molecule has 3 aromatic rings. The van der Waals surface area contributed by atoms with Crippen LogP contribution in [0.3, 0.4) is 0 Å². The van der Waals surface area contributed by atoms with E-state index in [1.807, 2.05) is 42.6 Å². The van der Waals surface area contributed by atoms with Crippen LogP contribution >= 0.6 is 0 Å². The molecule has 2 aromatic heterocycles. The van der Waals surface area contributed by atoms with Gasteiger partial charge in [0.05, 0.1) is 11.4 Å². The summed E-state index contributed by atoms with van der Waals surface area (Å²) in [6.45, 7) is 3.86. The largest absolute Gasteiger partial charge is 0.486 e. The van der Waals surface area contributed by atoms with Crippen LogP contribution in [0.2, 0.25) is 0 Å². The smallest absolute Gasteiger partial charge is 0.162 e. The molecule has 1 atom stereocenters. The number of nitrogens with two attached hydrogens (primary N) is 1. The third kappa shape index (κ3) is 2.33. The maximum atomic E-state index is 5.93. The molecule has 0 fully saturated rings. The Labute approximate surface area is 134 Å². The van der Waals surface area contributed by atoms with Gasteiger partial charge in [0.1, 0.15) is 18.9 Å². The van der Waals surface area contributed by atoms with Crippen LogP contribution < -0.4 is 15.2 Å². The minimum absolute atomic E-state index is 0.204. The predicted molar refractivity (Wildman–Crippen MR) is 89.1 cm³/mol. The van der Waals surface area contributed by atoms with Gasteiger partial charge >= 0.3 is 0 Å². The van der Waals surface area contributed by atoms with Crippen molar-refractivity contribution in [2.45, 2.75) is 12.8 Å². The van der Waals surface area contributed by atoms with E-state index in [4.69, 9.17) is 20.2 Å². The molecule has 4 rings (SSSR count). The third-order valence-electron chi connectivity index (χ3n) is 4.20. The number of rotatable bonds is 3. The van der Waals surface area contributed by atoms with Gasteiger partial charge < -0.3 is 19.6 Å². The van der Waals surface area contributed by atoms with E-state index in [-0.39, 0.29) is 5.92 Å². The van der Waals surface area contributed by atoms with Crippen molar-refractivity contribution in [1.29, 1.82) is 0 Å². The van der Waals surface area contributed by atoms with Crippen molar-refractivity contribution in [3.8, 4) is 22.8 Å². The monoisotopic (exact) mass is 309 g/mol. The molecule has 1 aliphatic heterocycles. The summed E-state index contributed by atoms with van der Waals surface area (Å²) in [5.74, 6) is 1.77. The average molecular weight is 309 g/mol. The van der Waals surface area contributed by atoms with E-state index in [0.29, 0.717) is 19.8 Å². The van der Waals surface area contributed by atoms with Crippen LogP contribution in [0, 0.1) is 0 Å². The molecule has 0 amide bonds. The first-order valence-electron chi connectivity index (χ1n) is 7.85. The summed E-state index contributed by atoms with van der Waals surface area (Å²) in [7, 11) is 0. The first kappa shape index (κ1) is 14.1. The second kappa shape index (κ2) is 5.59. The fraction of sp³-hybridized carbons (Fsp3) is 0.278. The van der Waals surface area contributed by atoms with Crippen molar-refractivity contribution in [3.05, 3.63) is 48.3 Å². The lowest BCUT2D eigenvalue weighted by Crippen LogP contribution is -2.15. The number of nitrogens with zero attached hydrogens (tertiary/aromatic N) is 2. The maximum absolute atomic E-state index is 5.93. The highest BCUT2D eigenvalue weighted by atomic mass is 16.6. The zero-order chi connectivity index (χ0) is 15.8. The van der Waals surface area contributed by atoms with Gasteiger partial charge in [-0.15, -0.1) is 0 Å². The Morgan fingerprint density at radius 1 is 1.17 bits per heavy atom. The van der Waals surface area contributed by atoms with Crippen molar-refractivity contribution < 1.29 is 9.47 Å². The zero-order valence-electron chi connectivity index (χ0n) is 13.0. The Morgan fingerprint density at radius 3 is 2.83 bits per heavy atom. The second-order valence-electron chi connectivity index (χ2n) is 5.77. The SMILES string of the molecule is CC(CN)c1c(-c2ccc3c(c2)OCCO3)nc2ccccn12. The molecule has 2 N–H and O–H groups in total. The van der Waals surface area contributed by atoms with Crippen LogP contribution in [-0.2, 0) is 0 Å². The van der Waals surface area contributed by atoms with Crippen molar-refractivity contribution in [3.63, 3.8) is 0 Å². The predicted octanol–water partition coefficient (Wildman–Crippen LogP) is 2.83. The number of imidazole rings is 1. The number of pyridine rings is 1. The van der Waals surface area contributed by atoms with Gasteiger partial charge in [-0.1, -0.05) is 13.0 Å². The number of ether oxygens (including phenoxy) is 2. The molecule has 1 aliphatic rings. The summed E-state index contributed by atoms with van der Waals surface area (Å²) in [4.78, 5) is 4.81. The third-order valence-corrected chi connectivity index (χ3v) is 4.20. The molecular formula is C18H19N3O2. The highest BCUT2D eigenvalue weighted by Gasteiger charge is 2.20. The van der Waals surface area contributed by atoms with Crippen LogP contribution in [0.25, 0.3) is 16.9 Å². The van der Waals surface area contributed by atoms with Crippen LogP contribution in [-0.4, -0.2) is 29.1 Å². The van der Waals surface area contributed by atoms with Gasteiger partial charge in [0.15, 0.2) is 11.5 Å². The summed E-state index contributed by atoms with van der Waals surface area (Å²) in [5.41, 5.74) is 9.95. The van der Waals surface area contributed by atoms with Gasteiger partial charge in [0, 0.05) is 24.2 Å². The van der Waals surface area contributed by atoms with Crippen molar-refractivity contribution >= 4 is 5.65 Å². The first-order chi connectivity index (χ1) is 11.3. The first-order valence-corrected chi connectivity index (χ1v) is 7.85. The Bertz CT molecular complexity index is 857. The summed E-state index contributed by atoms with van der Waals surface area (Å²) in [6, 6.07) is 12.0. The van der Waals surface area contributed by atoms with Gasteiger partial charge in [0.25, 0.3) is 0 Å². The van der Waals surface area contributed by atoms with Gasteiger partial charge in [-0.05, 0) is 30.3 Å². The van der Waals surface area contributed by atoms with E-state index < -0.39 is 0 Å². The van der Waals surface area contributed by atoms with Gasteiger partial charge in [-0.25, -0.2) is 4.98 Å². The van der Waals surface area contributed by atoms with Crippen LogP contribution in [0.4, 0.5) is 0 Å². The summed E-state index contributed by atoms with van der Waals surface area (Å²) >= 11 is 0. The number of hydrogen-bond acceptors (Lipinski definition) is 4. The van der Waals surface area contributed by atoms with E-state index in [0.717, 1.165) is 34.1 Å². The Morgan fingerprint density at radius 2 is 2.00 bits per heavy atom. The van der Waals surface area contributed by atoms with E-state index in [9.17, 15) is 0 Å². The summed E-state index contributed by atoms with van der Waals surface area (Å²) in [5, 5.41) is 0. The fourth-order valence-corrected chi connectivity index (χ4v) is 3.00. The molecule has 23 heavy (non-hydrogen) atoms. The number of hydrogen-bond donors (Lipinski definition) is 1. The van der Waals surface area contributed by atoms with Gasteiger partial charge in [-0.3, -0.25) is 0 Å². The van der Waals surface area contributed by atoms with Crippen molar-refractivity contribution in [2.75, 3.05) is 19.8 Å². The number of fused-ring (bicyclic) bond motifs is 2.